The van der Waals surface area contributed by atoms with E-state index < -0.39 is 46.5 Å². The molecular formula is C26H28F6N2O. The molecule has 2 fully saturated rings. The molecule has 190 valence electrons. The van der Waals surface area contributed by atoms with Crippen molar-refractivity contribution in [1.29, 1.82) is 0 Å². The zero-order valence-corrected chi connectivity index (χ0v) is 19.4. The fourth-order valence-electron chi connectivity index (χ4n) is 5.79. The van der Waals surface area contributed by atoms with Gasteiger partial charge in [-0.3, -0.25) is 9.69 Å². The number of nitrogens with one attached hydrogen (secondary N) is 1. The van der Waals surface area contributed by atoms with Crippen molar-refractivity contribution in [2.75, 3.05) is 13.1 Å². The Morgan fingerprint density at radius 2 is 1.51 bits per heavy atom. The van der Waals surface area contributed by atoms with Crippen LogP contribution in [0.4, 0.5) is 26.3 Å². The molecule has 4 rings (SSSR count). The van der Waals surface area contributed by atoms with Crippen LogP contribution in [-0.4, -0.2) is 29.4 Å². The second-order valence-electron chi connectivity index (χ2n) is 9.53. The molecule has 2 aromatic rings. The van der Waals surface area contributed by atoms with Crippen molar-refractivity contribution in [2.24, 2.45) is 0 Å². The monoisotopic (exact) mass is 498 g/mol. The summed E-state index contributed by atoms with van der Waals surface area (Å²) >= 11 is 0. The van der Waals surface area contributed by atoms with Crippen LogP contribution in [0.1, 0.15) is 77.2 Å². The van der Waals surface area contributed by atoms with Crippen LogP contribution >= 0.6 is 0 Å². The van der Waals surface area contributed by atoms with Crippen LogP contribution in [0.25, 0.3) is 0 Å². The van der Waals surface area contributed by atoms with E-state index in [9.17, 15) is 31.1 Å². The van der Waals surface area contributed by atoms with Gasteiger partial charge >= 0.3 is 12.4 Å². The minimum Gasteiger partial charge on any atom is -0.343 e. The molecule has 2 aromatic carbocycles. The molecule has 9 heteroatoms. The lowest BCUT2D eigenvalue weighted by Crippen LogP contribution is -2.55. The lowest BCUT2D eigenvalue weighted by molar-refractivity contribution is -0.143. The van der Waals surface area contributed by atoms with Gasteiger partial charge in [-0.2, -0.15) is 26.3 Å². The number of benzene rings is 2. The SMILES string of the molecule is Cc1cc(C(F)(F)F)cc(C(F)(F)F)c1C(=O)NC(c1ccccc1)C1(N2CCCC2)CCCC1. The summed E-state index contributed by atoms with van der Waals surface area (Å²) < 4.78 is 81.4. The van der Waals surface area contributed by atoms with Crippen LogP contribution in [0.2, 0.25) is 0 Å². The van der Waals surface area contributed by atoms with Gasteiger partial charge in [0.15, 0.2) is 0 Å². The third-order valence-corrected chi connectivity index (χ3v) is 7.35. The van der Waals surface area contributed by atoms with E-state index in [1.54, 1.807) is 0 Å². The summed E-state index contributed by atoms with van der Waals surface area (Å²) in [7, 11) is 0. The van der Waals surface area contributed by atoms with E-state index >= 15 is 0 Å². The van der Waals surface area contributed by atoms with Gasteiger partial charge in [0.25, 0.3) is 5.91 Å². The van der Waals surface area contributed by atoms with Gasteiger partial charge in [0.05, 0.1) is 22.7 Å². The van der Waals surface area contributed by atoms with Gasteiger partial charge in [-0.05, 0) is 69.0 Å². The van der Waals surface area contributed by atoms with Crippen LogP contribution in [0, 0.1) is 6.92 Å². The van der Waals surface area contributed by atoms with Crippen molar-refractivity contribution in [3.05, 3.63) is 70.3 Å². The number of amides is 1. The highest BCUT2D eigenvalue weighted by Gasteiger charge is 2.49. The summed E-state index contributed by atoms with van der Waals surface area (Å²) in [4.78, 5) is 15.8. The molecule has 1 atom stereocenters. The van der Waals surface area contributed by atoms with Crippen molar-refractivity contribution >= 4 is 5.91 Å². The Labute approximate surface area is 200 Å². The number of aryl methyl sites for hydroxylation is 1. The third-order valence-electron chi connectivity index (χ3n) is 7.35. The highest BCUT2D eigenvalue weighted by molar-refractivity contribution is 5.98. The zero-order chi connectivity index (χ0) is 25.4. The van der Waals surface area contributed by atoms with E-state index in [2.05, 4.69) is 10.2 Å². The maximum atomic E-state index is 13.9. The largest absolute Gasteiger partial charge is 0.417 e. The summed E-state index contributed by atoms with van der Waals surface area (Å²) in [5.74, 6) is -1.01. The van der Waals surface area contributed by atoms with Crippen molar-refractivity contribution < 1.29 is 31.1 Å². The quantitative estimate of drug-likeness (QED) is 0.454. The summed E-state index contributed by atoms with van der Waals surface area (Å²) in [5, 5.41) is 2.86. The molecular weight excluding hydrogens is 470 g/mol. The van der Waals surface area contributed by atoms with Gasteiger partial charge in [0, 0.05) is 5.54 Å². The predicted molar refractivity (Wildman–Crippen MR) is 120 cm³/mol. The maximum absolute atomic E-state index is 13.9. The van der Waals surface area contributed by atoms with E-state index in [-0.39, 0.29) is 11.6 Å². The third kappa shape index (κ3) is 5.06. The predicted octanol–water partition coefficient (Wildman–Crippen LogP) is 6.91. The van der Waals surface area contributed by atoms with E-state index in [1.807, 2.05) is 30.3 Å². The smallest absolute Gasteiger partial charge is 0.343 e. The molecule has 1 saturated carbocycles. The average molecular weight is 499 g/mol. The summed E-state index contributed by atoms with van der Waals surface area (Å²) in [5.41, 5.74) is -3.81. The Hall–Kier alpha value is -2.55. The number of halogens is 6. The van der Waals surface area contributed by atoms with Gasteiger partial charge in [-0.15, -0.1) is 0 Å². The molecule has 1 aliphatic carbocycles. The lowest BCUT2D eigenvalue weighted by atomic mass is 9.81. The van der Waals surface area contributed by atoms with Gasteiger partial charge < -0.3 is 5.32 Å². The maximum Gasteiger partial charge on any atom is 0.417 e. The second kappa shape index (κ2) is 9.48. The lowest BCUT2D eigenvalue weighted by Gasteiger charge is -2.45. The minimum absolute atomic E-state index is 0.0330. The van der Waals surface area contributed by atoms with Crippen LogP contribution in [0.5, 0.6) is 0 Å². The number of hydrogen-bond acceptors (Lipinski definition) is 2. The molecule has 0 aromatic heterocycles. The van der Waals surface area contributed by atoms with Crippen LogP contribution in [0.3, 0.4) is 0 Å². The second-order valence-corrected chi connectivity index (χ2v) is 9.53. The zero-order valence-electron chi connectivity index (χ0n) is 19.4. The molecule has 1 heterocycles. The highest BCUT2D eigenvalue weighted by atomic mass is 19.4. The van der Waals surface area contributed by atoms with Crippen LogP contribution < -0.4 is 5.32 Å². The van der Waals surface area contributed by atoms with Crippen molar-refractivity contribution in [3.8, 4) is 0 Å². The first-order valence-electron chi connectivity index (χ1n) is 11.8. The highest BCUT2D eigenvalue weighted by Crippen LogP contribution is 2.46. The van der Waals surface area contributed by atoms with Gasteiger partial charge in [0.2, 0.25) is 0 Å². The van der Waals surface area contributed by atoms with E-state index in [0.717, 1.165) is 64.1 Å². The number of rotatable bonds is 5. The van der Waals surface area contributed by atoms with Gasteiger partial charge in [0.1, 0.15) is 0 Å². The molecule has 1 amide bonds. The summed E-state index contributed by atoms with van der Waals surface area (Å²) in [6.07, 6.45) is -4.64. The van der Waals surface area contributed by atoms with Crippen LogP contribution in [0.15, 0.2) is 42.5 Å². The van der Waals surface area contributed by atoms with Crippen molar-refractivity contribution in [3.63, 3.8) is 0 Å². The van der Waals surface area contributed by atoms with Crippen molar-refractivity contribution in [1.82, 2.24) is 10.2 Å². The first-order chi connectivity index (χ1) is 16.4. The Kier molecular flexibility index (Phi) is 6.92. The number of carbonyl (C=O) groups is 1. The number of nitrogens with zero attached hydrogens (tertiary/aromatic N) is 1. The Balaban J connectivity index is 1.79. The Morgan fingerprint density at radius 1 is 0.914 bits per heavy atom. The molecule has 3 nitrogen and oxygen atoms in total. The standard InChI is InChI=1S/C26H28F6N2O/c1-17-15-19(25(27,28)29)16-20(26(30,31)32)21(17)23(35)33-22(18-9-3-2-4-10-18)24(11-5-6-12-24)34-13-7-8-14-34/h2-4,9-10,15-16,22H,5-8,11-14H2,1H3,(H,33,35). The van der Waals surface area contributed by atoms with E-state index in [1.165, 1.54) is 0 Å². The summed E-state index contributed by atoms with van der Waals surface area (Å²) in [6.45, 7) is 2.79. The molecule has 0 radical (unpaired) electrons. The molecule has 0 spiro atoms. The first-order valence-corrected chi connectivity index (χ1v) is 11.8. The van der Waals surface area contributed by atoms with Gasteiger partial charge in [-0.1, -0.05) is 43.2 Å². The first kappa shape index (κ1) is 25.5. The molecule has 2 aliphatic rings. The number of likely N-dealkylation sites (tertiary alicyclic amines) is 1. The van der Waals surface area contributed by atoms with Crippen molar-refractivity contribution in [2.45, 2.75) is 69.4 Å². The number of hydrogen-bond donors (Lipinski definition) is 1. The molecule has 1 saturated heterocycles. The number of alkyl halides is 6. The van der Waals surface area contributed by atoms with Crippen LogP contribution in [-0.2, 0) is 12.4 Å². The topological polar surface area (TPSA) is 32.3 Å². The Bertz CT molecular complexity index is 1050. The molecule has 1 aliphatic heterocycles. The van der Waals surface area contributed by atoms with E-state index in [4.69, 9.17) is 0 Å². The molecule has 1 unspecified atom stereocenters. The normalized spacial score (nSPS) is 19.6. The number of carbonyl (C=O) groups excluding carboxylic acids is 1. The Morgan fingerprint density at radius 3 is 2.06 bits per heavy atom. The minimum atomic E-state index is -5.12. The average Bonchev–Trinajstić information content (AvgIpc) is 3.49. The molecule has 35 heavy (non-hydrogen) atoms. The fourth-order valence-corrected chi connectivity index (χ4v) is 5.79. The molecule has 0 bridgehead atoms. The van der Waals surface area contributed by atoms with E-state index in [0.29, 0.717) is 6.07 Å². The molecule has 1 N–H and O–H groups in total. The summed E-state index contributed by atoms with van der Waals surface area (Å²) in [6, 6.07) is 9.16. The fraction of sp³-hybridized carbons (Fsp3) is 0.500. The van der Waals surface area contributed by atoms with Gasteiger partial charge in [-0.25, -0.2) is 0 Å².